The zero-order chi connectivity index (χ0) is 21.4. The number of fused-ring (bicyclic) bond motifs is 3. The largest absolute Gasteiger partial charge is 0.365 e. The predicted molar refractivity (Wildman–Crippen MR) is 119 cm³/mol. The van der Waals surface area contributed by atoms with Gasteiger partial charge in [0.25, 0.3) is 5.91 Å². The smallest absolute Gasteiger partial charge is 0.256 e. The number of aromatic nitrogens is 4. The fourth-order valence-corrected chi connectivity index (χ4v) is 4.81. The molecule has 3 aromatic heterocycles. The van der Waals surface area contributed by atoms with Gasteiger partial charge in [0.15, 0.2) is 5.82 Å². The molecule has 1 saturated carbocycles. The molecule has 2 saturated heterocycles. The highest BCUT2D eigenvalue weighted by Gasteiger charge is 2.43. The van der Waals surface area contributed by atoms with Crippen molar-refractivity contribution in [2.45, 2.75) is 45.2 Å². The Morgan fingerprint density at radius 1 is 1.03 bits per heavy atom. The summed E-state index contributed by atoms with van der Waals surface area (Å²) in [6.07, 6.45) is 10.2. The second kappa shape index (κ2) is 8.06. The average Bonchev–Trinajstić information content (AvgIpc) is 2.81. The van der Waals surface area contributed by atoms with Crippen molar-refractivity contribution in [3.8, 4) is 11.5 Å². The maximum Gasteiger partial charge on any atom is 0.256 e. The number of pyridine rings is 2. The molecule has 3 aromatic rings. The van der Waals surface area contributed by atoms with Crippen LogP contribution in [0.1, 0.15) is 40.7 Å². The Hall–Kier alpha value is -3.35. The minimum Gasteiger partial charge on any atom is -0.365 e. The van der Waals surface area contributed by atoms with Gasteiger partial charge in [0.2, 0.25) is 0 Å². The van der Waals surface area contributed by atoms with E-state index in [1.807, 2.05) is 37.1 Å². The SMILES string of the molecule is Cc1ccc(NC2CC3CCC2N(C(=O)c2cc(C)cnc2-c2ncccn2)C3)nc1. The summed E-state index contributed by atoms with van der Waals surface area (Å²) in [5.41, 5.74) is 3.20. The summed E-state index contributed by atoms with van der Waals surface area (Å²) in [4.78, 5) is 33.5. The fourth-order valence-electron chi connectivity index (χ4n) is 4.81. The summed E-state index contributed by atoms with van der Waals surface area (Å²) < 4.78 is 0. The molecule has 5 heterocycles. The average molecular weight is 415 g/mol. The Balaban J connectivity index is 1.44. The molecule has 3 unspecified atom stereocenters. The van der Waals surface area contributed by atoms with E-state index < -0.39 is 0 Å². The molecule has 158 valence electrons. The number of anilines is 1. The van der Waals surface area contributed by atoms with Gasteiger partial charge in [-0.15, -0.1) is 0 Å². The van der Waals surface area contributed by atoms with Gasteiger partial charge in [-0.3, -0.25) is 9.78 Å². The van der Waals surface area contributed by atoms with E-state index in [9.17, 15) is 4.79 Å². The van der Waals surface area contributed by atoms with E-state index in [1.165, 1.54) is 0 Å². The normalized spacial score (nSPS) is 22.4. The Bertz CT molecular complexity index is 1080. The van der Waals surface area contributed by atoms with Gasteiger partial charge in [0.05, 0.1) is 11.6 Å². The van der Waals surface area contributed by atoms with Crippen LogP contribution in [0.2, 0.25) is 0 Å². The third-order valence-corrected chi connectivity index (χ3v) is 6.32. The first-order valence-corrected chi connectivity index (χ1v) is 10.8. The number of aryl methyl sites for hydroxylation is 2. The van der Waals surface area contributed by atoms with Crippen molar-refractivity contribution in [1.29, 1.82) is 0 Å². The van der Waals surface area contributed by atoms with Crippen LogP contribution in [-0.4, -0.2) is 49.4 Å². The minimum absolute atomic E-state index is 0.0109. The third kappa shape index (κ3) is 3.87. The van der Waals surface area contributed by atoms with Gasteiger partial charge in [0.1, 0.15) is 11.5 Å². The van der Waals surface area contributed by atoms with E-state index in [0.29, 0.717) is 23.0 Å². The van der Waals surface area contributed by atoms with Gasteiger partial charge in [-0.2, -0.15) is 0 Å². The first-order valence-electron chi connectivity index (χ1n) is 10.8. The molecule has 2 aliphatic heterocycles. The lowest BCUT2D eigenvalue weighted by atomic mass is 9.76. The maximum absolute atomic E-state index is 13.8. The van der Waals surface area contributed by atoms with Crippen LogP contribution in [0.25, 0.3) is 11.5 Å². The summed E-state index contributed by atoms with van der Waals surface area (Å²) >= 11 is 0. The van der Waals surface area contributed by atoms with Crippen LogP contribution in [0, 0.1) is 19.8 Å². The number of amides is 1. The van der Waals surface area contributed by atoms with E-state index in [4.69, 9.17) is 0 Å². The van der Waals surface area contributed by atoms with Gasteiger partial charge < -0.3 is 10.2 Å². The molecule has 0 radical (unpaired) electrons. The summed E-state index contributed by atoms with van der Waals surface area (Å²) in [6, 6.07) is 8.07. The number of nitrogens with one attached hydrogen (secondary N) is 1. The molecule has 7 nitrogen and oxygen atoms in total. The van der Waals surface area contributed by atoms with Gasteiger partial charge in [0, 0.05) is 37.4 Å². The highest BCUT2D eigenvalue weighted by molar-refractivity contribution is 5.99. The zero-order valence-corrected chi connectivity index (χ0v) is 17.8. The highest BCUT2D eigenvalue weighted by atomic mass is 16.2. The van der Waals surface area contributed by atoms with Gasteiger partial charge in [-0.25, -0.2) is 15.0 Å². The van der Waals surface area contributed by atoms with Gasteiger partial charge in [-0.1, -0.05) is 6.07 Å². The van der Waals surface area contributed by atoms with Crippen LogP contribution in [0.5, 0.6) is 0 Å². The molecular weight excluding hydrogens is 388 g/mol. The number of hydrogen-bond acceptors (Lipinski definition) is 6. The molecular formula is C24H26N6O. The molecule has 1 amide bonds. The van der Waals surface area contributed by atoms with Crippen molar-refractivity contribution in [3.63, 3.8) is 0 Å². The molecule has 31 heavy (non-hydrogen) atoms. The molecule has 0 aromatic carbocycles. The van der Waals surface area contributed by atoms with Crippen molar-refractivity contribution in [2.24, 2.45) is 5.92 Å². The number of hydrogen-bond donors (Lipinski definition) is 1. The molecule has 1 N–H and O–H groups in total. The molecule has 6 rings (SSSR count). The van der Waals surface area contributed by atoms with Crippen LogP contribution in [0.3, 0.4) is 0 Å². The summed E-state index contributed by atoms with van der Waals surface area (Å²) in [7, 11) is 0. The molecule has 2 bridgehead atoms. The zero-order valence-electron chi connectivity index (χ0n) is 17.8. The Morgan fingerprint density at radius 3 is 2.58 bits per heavy atom. The first-order chi connectivity index (χ1) is 15.1. The summed E-state index contributed by atoms with van der Waals surface area (Å²) in [5.74, 6) is 1.85. The summed E-state index contributed by atoms with van der Waals surface area (Å²) in [5, 5.41) is 3.59. The lowest BCUT2D eigenvalue weighted by molar-refractivity contribution is 0.0282. The van der Waals surface area contributed by atoms with Crippen LogP contribution >= 0.6 is 0 Å². The van der Waals surface area contributed by atoms with Crippen molar-refractivity contribution < 1.29 is 4.79 Å². The van der Waals surface area contributed by atoms with Crippen LogP contribution in [-0.2, 0) is 0 Å². The lowest BCUT2D eigenvalue weighted by Gasteiger charge is -2.50. The van der Waals surface area contributed by atoms with Crippen LogP contribution in [0.4, 0.5) is 5.82 Å². The molecule has 7 heteroatoms. The molecule has 1 aliphatic carbocycles. The second-order valence-electron chi connectivity index (χ2n) is 8.66. The van der Waals surface area contributed by atoms with Crippen molar-refractivity contribution in [3.05, 3.63) is 65.7 Å². The summed E-state index contributed by atoms with van der Waals surface area (Å²) in [6.45, 7) is 4.77. The molecule has 3 aliphatic rings. The van der Waals surface area contributed by atoms with E-state index in [2.05, 4.69) is 31.3 Å². The van der Waals surface area contributed by atoms with E-state index >= 15 is 0 Å². The molecule has 3 fully saturated rings. The minimum atomic E-state index is 0.0109. The maximum atomic E-state index is 13.8. The number of carbonyl (C=O) groups excluding carboxylic acids is 1. The number of rotatable bonds is 4. The number of carbonyl (C=O) groups is 1. The van der Waals surface area contributed by atoms with Crippen molar-refractivity contribution in [1.82, 2.24) is 24.8 Å². The first kappa shape index (κ1) is 19.6. The van der Waals surface area contributed by atoms with Gasteiger partial charge >= 0.3 is 0 Å². The van der Waals surface area contributed by atoms with Crippen LogP contribution in [0.15, 0.2) is 49.1 Å². The lowest BCUT2D eigenvalue weighted by Crippen LogP contribution is -2.59. The third-order valence-electron chi connectivity index (χ3n) is 6.32. The van der Waals surface area contributed by atoms with Crippen molar-refractivity contribution >= 4 is 11.7 Å². The van der Waals surface area contributed by atoms with Gasteiger partial charge in [-0.05, 0) is 68.4 Å². The number of nitrogens with zero attached hydrogens (tertiary/aromatic N) is 5. The topological polar surface area (TPSA) is 83.9 Å². The Morgan fingerprint density at radius 2 is 1.84 bits per heavy atom. The number of piperidine rings is 2. The molecule has 3 atom stereocenters. The van der Waals surface area contributed by atoms with Crippen LogP contribution < -0.4 is 5.32 Å². The predicted octanol–water partition coefficient (Wildman–Crippen LogP) is 3.66. The quantitative estimate of drug-likeness (QED) is 0.701. The fraction of sp³-hybridized carbons (Fsp3) is 0.375. The Kier molecular flexibility index (Phi) is 5.10. The van der Waals surface area contributed by atoms with Crippen molar-refractivity contribution in [2.75, 3.05) is 11.9 Å². The van der Waals surface area contributed by atoms with E-state index in [1.54, 1.807) is 24.7 Å². The van der Waals surface area contributed by atoms with E-state index in [0.717, 1.165) is 42.8 Å². The standard InChI is InChI=1S/C24H26N6O/c1-15-4-7-21(27-12-15)29-19-11-17-5-6-20(19)30(14-17)24(31)18-10-16(2)13-28-22(18)23-25-8-3-9-26-23/h3-4,7-10,12-13,17,19-20H,5-6,11,14H2,1-2H3,(H,27,29). The molecule has 0 spiro atoms. The van der Waals surface area contributed by atoms with E-state index in [-0.39, 0.29) is 18.0 Å². The Labute approximate surface area is 182 Å². The highest BCUT2D eigenvalue weighted by Crippen LogP contribution is 2.38. The second-order valence-corrected chi connectivity index (χ2v) is 8.66. The monoisotopic (exact) mass is 414 g/mol.